The van der Waals surface area contributed by atoms with E-state index in [0.717, 1.165) is 10.4 Å². The minimum atomic E-state index is -3.34. The van der Waals surface area contributed by atoms with E-state index in [4.69, 9.17) is 0 Å². The molecular formula is C14H14O2SSi. The van der Waals surface area contributed by atoms with Crippen LogP contribution in [0.2, 0.25) is 13.1 Å². The fourth-order valence-electron chi connectivity index (χ4n) is 2.70. The first-order chi connectivity index (χ1) is 8.45. The second-order valence-electron chi connectivity index (χ2n) is 5.12. The lowest BCUT2D eigenvalue weighted by molar-refractivity contribution is 0.596. The molecule has 2 nitrogen and oxygen atoms in total. The Labute approximate surface area is 108 Å². The van der Waals surface area contributed by atoms with Gasteiger partial charge in [0.2, 0.25) is 9.84 Å². The van der Waals surface area contributed by atoms with E-state index in [9.17, 15) is 8.42 Å². The molecule has 1 heterocycles. The predicted molar refractivity (Wildman–Crippen MR) is 75.1 cm³/mol. The Kier molecular flexibility index (Phi) is 2.31. The fraction of sp³-hybridized carbons (Fsp3) is 0.143. The quantitative estimate of drug-likeness (QED) is 0.685. The molecule has 0 saturated heterocycles. The van der Waals surface area contributed by atoms with Crippen LogP contribution in [0.4, 0.5) is 0 Å². The summed E-state index contributed by atoms with van der Waals surface area (Å²) in [7, 11) is -5.24. The minimum absolute atomic E-state index is 0.500. The van der Waals surface area contributed by atoms with Crippen molar-refractivity contribution in [2.75, 3.05) is 0 Å². The molecule has 0 aliphatic carbocycles. The zero-order valence-electron chi connectivity index (χ0n) is 10.3. The molecule has 3 rings (SSSR count). The highest BCUT2D eigenvalue weighted by molar-refractivity contribution is 7.92. The maximum absolute atomic E-state index is 12.6. The van der Waals surface area contributed by atoms with Gasteiger partial charge in [-0.3, -0.25) is 0 Å². The van der Waals surface area contributed by atoms with Crippen LogP contribution in [0.5, 0.6) is 0 Å². The van der Waals surface area contributed by atoms with Gasteiger partial charge in [0.05, 0.1) is 9.79 Å². The summed E-state index contributed by atoms with van der Waals surface area (Å²) in [6, 6.07) is 14.9. The molecule has 0 radical (unpaired) electrons. The topological polar surface area (TPSA) is 34.1 Å². The number of sulfone groups is 1. The van der Waals surface area contributed by atoms with Gasteiger partial charge in [0.25, 0.3) is 0 Å². The van der Waals surface area contributed by atoms with E-state index in [-0.39, 0.29) is 0 Å². The maximum atomic E-state index is 12.6. The summed E-state index contributed by atoms with van der Waals surface area (Å²) in [5, 5.41) is 2.03. The third-order valence-corrected chi connectivity index (χ3v) is 9.50. The molecule has 0 N–H and O–H groups in total. The molecule has 4 heteroatoms. The van der Waals surface area contributed by atoms with Gasteiger partial charge in [-0.15, -0.1) is 0 Å². The van der Waals surface area contributed by atoms with E-state index in [1.54, 1.807) is 24.3 Å². The van der Waals surface area contributed by atoms with E-state index in [1.165, 1.54) is 0 Å². The molecule has 1 aliphatic heterocycles. The molecule has 0 spiro atoms. The lowest BCUT2D eigenvalue weighted by Gasteiger charge is -2.32. The molecule has 0 saturated carbocycles. The van der Waals surface area contributed by atoms with Crippen molar-refractivity contribution >= 4 is 28.3 Å². The fourth-order valence-corrected chi connectivity index (χ4v) is 9.22. The number of fused-ring (bicyclic) bond motifs is 2. The van der Waals surface area contributed by atoms with E-state index in [0.29, 0.717) is 9.79 Å². The van der Waals surface area contributed by atoms with Crippen molar-refractivity contribution in [2.24, 2.45) is 0 Å². The van der Waals surface area contributed by atoms with Gasteiger partial charge in [-0.05, 0) is 22.5 Å². The summed E-state index contributed by atoms with van der Waals surface area (Å²) in [6.45, 7) is 4.42. The normalized spacial score (nSPS) is 18.8. The van der Waals surface area contributed by atoms with Crippen molar-refractivity contribution in [1.29, 1.82) is 0 Å². The van der Waals surface area contributed by atoms with Crippen LogP contribution in [0.25, 0.3) is 0 Å². The van der Waals surface area contributed by atoms with Gasteiger partial charge in [-0.25, -0.2) is 8.42 Å². The van der Waals surface area contributed by atoms with Gasteiger partial charge in [0, 0.05) is 0 Å². The lowest BCUT2D eigenvalue weighted by Crippen LogP contribution is -2.59. The minimum Gasteiger partial charge on any atom is -0.219 e. The van der Waals surface area contributed by atoms with E-state index in [1.807, 2.05) is 24.3 Å². The monoisotopic (exact) mass is 274 g/mol. The second kappa shape index (κ2) is 3.55. The highest BCUT2D eigenvalue weighted by Crippen LogP contribution is 2.26. The van der Waals surface area contributed by atoms with Crippen molar-refractivity contribution < 1.29 is 8.42 Å². The van der Waals surface area contributed by atoms with Crippen molar-refractivity contribution in [2.45, 2.75) is 22.9 Å². The molecular weight excluding hydrogens is 260 g/mol. The Morgan fingerprint density at radius 1 is 0.778 bits per heavy atom. The van der Waals surface area contributed by atoms with Crippen molar-refractivity contribution in [1.82, 2.24) is 0 Å². The maximum Gasteiger partial charge on any atom is 0.206 e. The Bertz CT molecular complexity index is 677. The average Bonchev–Trinajstić information content (AvgIpc) is 2.37. The van der Waals surface area contributed by atoms with Crippen LogP contribution in [0, 0.1) is 0 Å². The predicted octanol–water partition coefficient (Wildman–Crippen LogP) is 1.66. The molecule has 1 aliphatic rings. The molecule has 0 atom stereocenters. The summed E-state index contributed by atoms with van der Waals surface area (Å²) >= 11 is 0. The number of hydrogen-bond acceptors (Lipinski definition) is 2. The van der Waals surface area contributed by atoms with E-state index in [2.05, 4.69) is 13.1 Å². The van der Waals surface area contributed by atoms with E-state index >= 15 is 0 Å². The lowest BCUT2D eigenvalue weighted by atomic mass is 10.3. The molecule has 2 aromatic carbocycles. The standard InChI is InChI=1S/C14H14O2SSi/c1-18(2)13-9-5-3-7-11(13)17(15,16)12-8-4-6-10-14(12)18/h3-10H,1-2H3. The zero-order chi connectivity index (χ0) is 13.0. The van der Waals surface area contributed by atoms with Crippen LogP contribution >= 0.6 is 0 Å². The smallest absolute Gasteiger partial charge is 0.206 e. The van der Waals surface area contributed by atoms with E-state index < -0.39 is 17.9 Å². The summed E-state index contributed by atoms with van der Waals surface area (Å²) in [4.78, 5) is 1.00. The van der Waals surface area contributed by atoms with Crippen molar-refractivity contribution in [3.8, 4) is 0 Å². The molecule has 0 unspecified atom stereocenters. The van der Waals surface area contributed by atoms with Crippen LogP contribution in [-0.2, 0) is 9.84 Å². The van der Waals surface area contributed by atoms with Crippen molar-refractivity contribution in [3.05, 3.63) is 48.5 Å². The van der Waals surface area contributed by atoms with Crippen molar-refractivity contribution in [3.63, 3.8) is 0 Å². The van der Waals surface area contributed by atoms with Crippen LogP contribution in [0.1, 0.15) is 0 Å². The number of rotatable bonds is 0. The second-order valence-corrected chi connectivity index (χ2v) is 11.3. The highest BCUT2D eigenvalue weighted by atomic mass is 32.2. The van der Waals surface area contributed by atoms with Gasteiger partial charge in [0.1, 0.15) is 8.07 Å². The molecule has 18 heavy (non-hydrogen) atoms. The Balaban J connectivity index is 2.49. The molecule has 0 bridgehead atoms. The average molecular weight is 274 g/mol. The Morgan fingerprint density at radius 2 is 1.17 bits per heavy atom. The molecule has 92 valence electrons. The third kappa shape index (κ3) is 1.36. The van der Waals surface area contributed by atoms with Gasteiger partial charge < -0.3 is 0 Å². The van der Waals surface area contributed by atoms with Gasteiger partial charge in [-0.2, -0.15) is 0 Å². The van der Waals surface area contributed by atoms with Gasteiger partial charge >= 0.3 is 0 Å². The molecule has 0 aromatic heterocycles. The third-order valence-electron chi connectivity index (χ3n) is 3.70. The highest BCUT2D eigenvalue weighted by Gasteiger charge is 2.41. The summed E-state index contributed by atoms with van der Waals surface area (Å²) in [5.41, 5.74) is 0. The first-order valence-electron chi connectivity index (χ1n) is 5.90. The van der Waals surface area contributed by atoms with Crippen LogP contribution < -0.4 is 10.4 Å². The van der Waals surface area contributed by atoms with Gasteiger partial charge in [0.15, 0.2) is 0 Å². The van der Waals surface area contributed by atoms with Gasteiger partial charge in [-0.1, -0.05) is 49.5 Å². The molecule has 0 amide bonds. The Morgan fingerprint density at radius 3 is 1.61 bits per heavy atom. The Hall–Kier alpha value is -1.39. The number of benzene rings is 2. The SMILES string of the molecule is C[Si]1(C)c2ccccc2S(=O)(=O)c2ccccc21. The van der Waals surface area contributed by atoms with Crippen LogP contribution in [0.3, 0.4) is 0 Å². The summed E-state index contributed by atoms with van der Waals surface area (Å²) < 4.78 is 25.2. The largest absolute Gasteiger partial charge is 0.219 e. The van der Waals surface area contributed by atoms with Crippen LogP contribution in [0.15, 0.2) is 58.3 Å². The molecule has 2 aromatic rings. The summed E-state index contributed by atoms with van der Waals surface area (Å²) in [5.74, 6) is 0. The zero-order valence-corrected chi connectivity index (χ0v) is 12.2. The first kappa shape index (κ1) is 11.7. The summed E-state index contributed by atoms with van der Waals surface area (Å²) in [6.07, 6.45) is 0. The molecule has 0 fully saturated rings. The van der Waals surface area contributed by atoms with Crippen LogP contribution in [-0.4, -0.2) is 16.5 Å². The number of hydrogen-bond donors (Lipinski definition) is 0. The first-order valence-corrected chi connectivity index (χ1v) is 10.4.